The van der Waals surface area contributed by atoms with Crippen molar-refractivity contribution >= 4 is 0 Å². The van der Waals surface area contributed by atoms with E-state index in [-0.39, 0.29) is 0 Å². The number of hydrogen-bond acceptors (Lipinski definition) is 1. The van der Waals surface area contributed by atoms with Crippen LogP contribution in [-0.2, 0) is 0 Å². The van der Waals surface area contributed by atoms with Crippen molar-refractivity contribution < 1.29 is 0 Å². The van der Waals surface area contributed by atoms with E-state index in [0.717, 1.165) is 17.9 Å². The molecule has 1 N–H and O–H groups in total. The van der Waals surface area contributed by atoms with Gasteiger partial charge in [0, 0.05) is 12.1 Å². The minimum Gasteiger partial charge on any atom is -0.307 e. The molecule has 0 aliphatic heterocycles. The highest BCUT2D eigenvalue weighted by molar-refractivity contribution is 5.19. The molecule has 4 unspecified atom stereocenters. The highest BCUT2D eigenvalue weighted by atomic mass is 15.0. The van der Waals surface area contributed by atoms with Gasteiger partial charge in [-0.05, 0) is 43.1 Å². The second-order valence-electron chi connectivity index (χ2n) is 6.20. The highest BCUT2D eigenvalue weighted by Gasteiger charge is 2.40. The van der Waals surface area contributed by atoms with E-state index in [0.29, 0.717) is 6.04 Å². The Bertz CT molecular complexity index is 372. The van der Waals surface area contributed by atoms with Crippen molar-refractivity contribution in [1.29, 1.82) is 0 Å². The fraction of sp³-hybridized carbons (Fsp3) is 0.647. The summed E-state index contributed by atoms with van der Waals surface area (Å²) in [5.41, 5.74) is 1.47. The predicted molar refractivity (Wildman–Crippen MR) is 76.5 cm³/mol. The summed E-state index contributed by atoms with van der Waals surface area (Å²) >= 11 is 0. The lowest BCUT2D eigenvalue weighted by atomic mass is 9.93. The van der Waals surface area contributed by atoms with Crippen LogP contribution in [-0.4, -0.2) is 6.04 Å². The van der Waals surface area contributed by atoms with Crippen molar-refractivity contribution in [1.82, 2.24) is 5.32 Å². The molecule has 0 radical (unpaired) electrons. The van der Waals surface area contributed by atoms with Crippen molar-refractivity contribution in [2.75, 3.05) is 0 Å². The van der Waals surface area contributed by atoms with Gasteiger partial charge < -0.3 is 5.32 Å². The van der Waals surface area contributed by atoms with Crippen molar-refractivity contribution in [2.45, 2.75) is 57.5 Å². The number of nitrogens with one attached hydrogen (secondary N) is 1. The summed E-state index contributed by atoms with van der Waals surface area (Å²) in [7, 11) is 0. The molecule has 2 fully saturated rings. The van der Waals surface area contributed by atoms with Crippen molar-refractivity contribution in [3.05, 3.63) is 35.9 Å². The maximum atomic E-state index is 3.96. The molecule has 2 bridgehead atoms. The van der Waals surface area contributed by atoms with E-state index in [9.17, 15) is 0 Å². The maximum Gasteiger partial charge on any atom is 0.0322 e. The monoisotopic (exact) mass is 243 g/mol. The molecule has 4 atom stereocenters. The second kappa shape index (κ2) is 5.44. The molecule has 3 rings (SSSR count). The van der Waals surface area contributed by atoms with Crippen LogP contribution in [0.2, 0.25) is 0 Å². The molecule has 0 amide bonds. The SMILES string of the molecule is CCCC(NC1CC2CCC1C2)c1ccccc1. The molecule has 2 aliphatic carbocycles. The Hall–Kier alpha value is -0.820. The van der Waals surface area contributed by atoms with Gasteiger partial charge in [0.05, 0.1) is 0 Å². The zero-order chi connectivity index (χ0) is 12.4. The fourth-order valence-corrected chi connectivity index (χ4v) is 4.03. The smallest absolute Gasteiger partial charge is 0.0322 e. The first-order valence-corrected chi connectivity index (χ1v) is 7.67. The summed E-state index contributed by atoms with van der Waals surface area (Å²) in [5, 5.41) is 3.96. The van der Waals surface area contributed by atoms with E-state index in [1.165, 1.54) is 44.1 Å². The predicted octanol–water partition coefficient (Wildman–Crippen LogP) is 4.31. The van der Waals surface area contributed by atoms with Gasteiger partial charge in [0.15, 0.2) is 0 Å². The molecule has 0 spiro atoms. The van der Waals surface area contributed by atoms with Crippen LogP contribution in [0.15, 0.2) is 30.3 Å². The van der Waals surface area contributed by atoms with Crippen LogP contribution in [0.25, 0.3) is 0 Å². The van der Waals surface area contributed by atoms with Gasteiger partial charge in [-0.2, -0.15) is 0 Å². The van der Waals surface area contributed by atoms with Crippen LogP contribution in [0.5, 0.6) is 0 Å². The van der Waals surface area contributed by atoms with E-state index >= 15 is 0 Å². The third kappa shape index (κ3) is 2.47. The highest BCUT2D eigenvalue weighted by Crippen LogP contribution is 2.45. The molecule has 2 saturated carbocycles. The van der Waals surface area contributed by atoms with E-state index in [2.05, 4.69) is 42.6 Å². The Morgan fingerprint density at radius 2 is 2.00 bits per heavy atom. The van der Waals surface area contributed by atoms with E-state index in [1.807, 2.05) is 0 Å². The summed E-state index contributed by atoms with van der Waals surface area (Å²) in [6, 6.07) is 12.4. The van der Waals surface area contributed by atoms with Gasteiger partial charge in [-0.25, -0.2) is 0 Å². The molecule has 1 aromatic carbocycles. The van der Waals surface area contributed by atoms with Crippen LogP contribution in [0.3, 0.4) is 0 Å². The molecule has 98 valence electrons. The molecule has 18 heavy (non-hydrogen) atoms. The van der Waals surface area contributed by atoms with Crippen molar-refractivity contribution in [3.8, 4) is 0 Å². The third-order valence-electron chi connectivity index (χ3n) is 4.93. The average Bonchev–Trinajstić information content (AvgIpc) is 3.01. The molecule has 1 heteroatoms. The molecule has 1 nitrogen and oxygen atoms in total. The van der Waals surface area contributed by atoms with Crippen LogP contribution in [0.4, 0.5) is 0 Å². The average molecular weight is 243 g/mol. The Labute approximate surface area is 111 Å². The number of fused-ring (bicyclic) bond motifs is 2. The Morgan fingerprint density at radius 3 is 2.61 bits per heavy atom. The van der Waals surface area contributed by atoms with Crippen molar-refractivity contribution in [2.24, 2.45) is 11.8 Å². The summed E-state index contributed by atoms with van der Waals surface area (Å²) < 4.78 is 0. The van der Waals surface area contributed by atoms with Gasteiger partial charge >= 0.3 is 0 Å². The summed E-state index contributed by atoms with van der Waals surface area (Å²) in [4.78, 5) is 0. The van der Waals surface area contributed by atoms with E-state index in [1.54, 1.807) is 0 Å². The minimum atomic E-state index is 0.570. The largest absolute Gasteiger partial charge is 0.307 e. The third-order valence-corrected chi connectivity index (χ3v) is 4.93. The van der Waals surface area contributed by atoms with E-state index < -0.39 is 0 Å². The van der Waals surface area contributed by atoms with Gasteiger partial charge in [-0.15, -0.1) is 0 Å². The Balaban J connectivity index is 1.67. The molecule has 0 heterocycles. The number of rotatable bonds is 5. The molecular formula is C17H25N. The maximum absolute atomic E-state index is 3.96. The Morgan fingerprint density at radius 1 is 1.17 bits per heavy atom. The van der Waals surface area contributed by atoms with Gasteiger partial charge in [-0.3, -0.25) is 0 Å². The lowest BCUT2D eigenvalue weighted by molar-refractivity contribution is 0.311. The van der Waals surface area contributed by atoms with E-state index in [4.69, 9.17) is 0 Å². The number of benzene rings is 1. The topological polar surface area (TPSA) is 12.0 Å². The van der Waals surface area contributed by atoms with Crippen LogP contribution >= 0.6 is 0 Å². The minimum absolute atomic E-state index is 0.570. The quantitative estimate of drug-likeness (QED) is 0.812. The first-order chi connectivity index (χ1) is 8.86. The van der Waals surface area contributed by atoms with Crippen LogP contribution in [0.1, 0.15) is 57.1 Å². The summed E-state index contributed by atoms with van der Waals surface area (Å²) in [5.74, 6) is 2.00. The number of hydrogen-bond donors (Lipinski definition) is 1. The summed E-state index contributed by atoms with van der Waals surface area (Å²) in [6.07, 6.45) is 8.40. The lowest BCUT2D eigenvalue weighted by Crippen LogP contribution is -2.36. The van der Waals surface area contributed by atoms with Crippen LogP contribution < -0.4 is 5.32 Å². The van der Waals surface area contributed by atoms with Gasteiger partial charge in [0.1, 0.15) is 0 Å². The second-order valence-corrected chi connectivity index (χ2v) is 6.20. The molecule has 0 aromatic heterocycles. The van der Waals surface area contributed by atoms with Gasteiger partial charge in [0.2, 0.25) is 0 Å². The molecule has 2 aliphatic rings. The molecule has 1 aromatic rings. The summed E-state index contributed by atoms with van der Waals surface area (Å²) in [6.45, 7) is 2.29. The van der Waals surface area contributed by atoms with Crippen molar-refractivity contribution in [3.63, 3.8) is 0 Å². The zero-order valence-electron chi connectivity index (χ0n) is 11.4. The Kier molecular flexibility index (Phi) is 3.69. The van der Waals surface area contributed by atoms with Crippen LogP contribution in [0, 0.1) is 11.8 Å². The normalized spacial score (nSPS) is 31.7. The fourth-order valence-electron chi connectivity index (χ4n) is 4.03. The standard InChI is InChI=1S/C17H25N/c1-2-6-16(14-7-4-3-5-8-14)18-17-12-13-9-10-15(17)11-13/h3-5,7-8,13,15-18H,2,6,9-12H2,1H3. The first-order valence-electron chi connectivity index (χ1n) is 7.67. The lowest BCUT2D eigenvalue weighted by Gasteiger charge is -2.29. The molecule has 0 saturated heterocycles. The molecular weight excluding hydrogens is 218 g/mol. The first kappa shape index (κ1) is 12.2. The van der Waals surface area contributed by atoms with Gasteiger partial charge in [-0.1, -0.05) is 50.1 Å². The van der Waals surface area contributed by atoms with Gasteiger partial charge in [0.25, 0.3) is 0 Å². The zero-order valence-corrected chi connectivity index (χ0v) is 11.4.